The van der Waals surface area contributed by atoms with Crippen LogP contribution in [0, 0.1) is 0 Å². The minimum Gasteiger partial charge on any atom is -0.296 e. The van der Waals surface area contributed by atoms with E-state index < -0.39 is 10.4 Å². The molecule has 0 saturated carbocycles. The molecule has 0 heterocycles. The molecule has 0 aromatic rings. The van der Waals surface area contributed by atoms with E-state index in [0.717, 1.165) is 13.1 Å². The maximum absolute atomic E-state index is 8.74. The molecule has 0 aromatic carbocycles. The van der Waals surface area contributed by atoms with Gasteiger partial charge in [0, 0.05) is 13.1 Å². The number of unbranched alkanes of at least 4 members (excludes halogenated alkanes) is 15. The highest BCUT2D eigenvalue weighted by Crippen LogP contribution is 2.13. The molecule has 0 fully saturated rings. The van der Waals surface area contributed by atoms with Gasteiger partial charge in [-0.3, -0.25) is 14.0 Å². The molecule has 0 aliphatic rings. The quantitative estimate of drug-likeness (QED) is 0.110. The summed E-state index contributed by atoms with van der Waals surface area (Å²) in [6, 6.07) is 0. The monoisotopic (exact) mass is 447 g/mol. The molecule has 0 aliphatic heterocycles. The molecule has 0 radical (unpaired) electrons. The van der Waals surface area contributed by atoms with Crippen molar-refractivity contribution < 1.29 is 17.5 Å². The van der Waals surface area contributed by atoms with E-state index >= 15 is 0 Å². The first-order valence-electron chi connectivity index (χ1n) is 12.0. The van der Waals surface area contributed by atoms with E-state index in [2.05, 4.69) is 25.0 Å². The summed E-state index contributed by atoms with van der Waals surface area (Å²) in [6.45, 7) is 13.1. The highest BCUT2D eigenvalue weighted by atomic mass is 32.3. The van der Waals surface area contributed by atoms with Gasteiger partial charge in [-0.25, -0.2) is 0 Å². The van der Waals surface area contributed by atoms with Gasteiger partial charge in [-0.1, -0.05) is 115 Å². The van der Waals surface area contributed by atoms with Gasteiger partial charge in [-0.2, -0.15) is 8.42 Å². The Morgan fingerprint density at radius 3 is 1.17 bits per heavy atom. The lowest BCUT2D eigenvalue weighted by atomic mass is 10.0. The van der Waals surface area contributed by atoms with Crippen LogP contribution in [0.4, 0.5) is 0 Å². The molecule has 0 bridgehead atoms. The summed E-state index contributed by atoms with van der Waals surface area (Å²) in [6.07, 6.45) is 27.0. The Balaban J connectivity index is 0. The number of rotatable bonds is 21. The van der Waals surface area contributed by atoms with Crippen molar-refractivity contribution in [3.63, 3.8) is 0 Å². The molecule has 0 atom stereocenters. The summed E-state index contributed by atoms with van der Waals surface area (Å²) in [4.78, 5) is 2.42. The van der Waals surface area contributed by atoms with Crippen LogP contribution >= 0.6 is 0 Å². The topological polar surface area (TPSA) is 77.8 Å². The van der Waals surface area contributed by atoms with Crippen LogP contribution in [0.15, 0.2) is 25.3 Å². The molecule has 0 aliphatic carbocycles. The summed E-state index contributed by atoms with van der Waals surface area (Å²) < 4.78 is 31.6. The third-order valence-corrected chi connectivity index (χ3v) is 5.10. The Bertz CT molecular complexity index is 448. The Kier molecular flexibility index (Phi) is 25.8. The van der Waals surface area contributed by atoms with Gasteiger partial charge in [-0.05, 0) is 13.0 Å². The molecule has 2 N–H and O–H groups in total. The van der Waals surface area contributed by atoms with Gasteiger partial charge in [0.1, 0.15) is 0 Å². The summed E-state index contributed by atoms with van der Waals surface area (Å²) >= 11 is 0. The van der Waals surface area contributed by atoms with Gasteiger partial charge in [0.05, 0.1) is 0 Å². The fraction of sp³-hybridized carbons (Fsp3) is 0.833. The van der Waals surface area contributed by atoms with Crippen LogP contribution < -0.4 is 0 Å². The van der Waals surface area contributed by atoms with Crippen molar-refractivity contribution in [2.75, 3.05) is 19.6 Å². The predicted molar refractivity (Wildman–Crippen MR) is 131 cm³/mol. The average Bonchev–Trinajstić information content (AvgIpc) is 2.66. The van der Waals surface area contributed by atoms with E-state index in [1.165, 1.54) is 109 Å². The lowest BCUT2D eigenvalue weighted by Crippen LogP contribution is -2.24. The first kappa shape index (κ1) is 31.5. The summed E-state index contributed by atoms with van der Waals surface area (Å²) in [7, 11) is -4.67. The Hall–Kier alpha value is -0.690. The van der Waals surface area contributed by atoms with Crippen LogP contribution in [0.5, 0.6) is 0 Å². The van der Waals surface area contributed by atoms with Crippen molar-refractivity contribution in [1.29, 1.82) is 0 Å². The van der Waals surface area contributed by atoms with Gasteiger partial charge < -0.3 is 0 Å². The van der Waals surface area contributed by atoms with Crippen LogP contribution in [-0.4, -0.2) is 42.1 Å². The molecule has 0 saturated heterocycles. The number of hydrogen-bond donors (Lipinski definition) is 2. The molecule has 180 valence electrons. The van der Waals surface area contributed by atoms with Gasteiger partial charge in [0.15, 0.2) is 0 Å². The SMILES string of the molecule is C=CCN(CC=C)CCCCCCCCCCCCCCCCCC.O=S(=O)(O)O. The Morgan fingerprint density at radius 1 is 0.633 bits per heavy atom. The lowest BCUT2D eigenvalue weighted by molar-refractivity contribution is 0.324. The van der Waals surface area contributed by atoms with Crippen molar-refractivity contribution >= 4 is 10.4 Å². The van der Waals surface area contributed by atoms with E-state index in [1.807, 2.05) is 12.2 Å². The van der Waals surface area contributed by atoms with Crippen LogP contribution in [0.3, 0.4) is 0 Å². The van der Waals surface area contributed by atoms with E-state index in [4.69, 9.17) is 17.5 Å². The molecular formula is C24H49NO4S. The van der Waals surface area contributed by atoms with Gasteiger partial charge in [0.2, 0.25) is 0 Å². The fourth-order valence-electron chi connectivity index (χ4n) is 3.51. The predicted octanol–water partition coefficient (Wildman–Crippen LogP) is 7.27. The van der Waals surface area contributed by atoms with E-state index in [-0.39, 0.29) is 0 Å². The molecule has 0 spiro atoms. The second kappa shape index (κ2) is 24.6. The highest BCUT2D eigenvalue weighted by Gasteiger charge is 2.00. The number of nitrogens with zero attached hydrogens (tertiary/aromatic N) is 1. The van der Waals surface area contributed by atoms with E-state index in [1.54, 1.807) is 0 Å². The second-order valence-corrected chi connectivity index (χ2v) is 8.98. The highest BCUT2D eigenvalue weighted by molar-refractivity contribution is 7.79. The zero-order valence-electron chi connectivity index (χ0n) is 19.6. The third kappa shape index (κ3) is 34.8. The van der Waals surface area contributed by atoms with Crippen molar-refractivity contribution in [1.82, 2.24) is 4.90 Å². The van der Waals surface area contributed by atoms with Crippen LogP contribution in [-0.2, 0) is 10.4 Å². The van der Waals surface area contributed by atoms with Gasteiger partial charge in [-0.15, -0.1) is 13.2 Å². The Morgan fingerprint density at radius 2 is 0.900 bits per heavy atom. The molecule has 0 rings (SSSR count). The third-order valence-electron chi connectivity index (χ3n) is 5.10. The summed E-state index contributed by atoms with van der Waals surface area (Å²) in [5.41, 5.74) is 0. The zero-order chi connectivity index (χ0) is 22.9. The van der Waals surface area contributed by atoms with Crippen molar-refractivity contribution in [2.45, 2.75) is 110 Å². The standard InChI is InChI=1S/C24H47N.H2O4S/c1-4-7-8-9-10-11-12-13-14-15-16-17-18-19-20-21-24-25(22-5-2)23-6-3;1-5(2,3)4/h5-6H,2-4,7-24H2,1H3;(H2,1,2,3,4). The fourth-order valence-corrected chi connectivity index (χ4v) is 3.51. The largest absolute Gasteiger partial charge is 0.394 e. The van der Waals surface area contributed by atoms with Crippen LogP contribution in [0.25, 0.3) is 0 Å². The van der Waals surface area contributed by atoms with E-state index in [0.29, 0.717) is 0 Å². The van der Waals surface area contributed by atoms with E-state index in [9.17, 15) is 0 Å². The number of hydrogen-bond acceptors (Lipinski definition) is 3. The summed E-state index contributed by atoms with van der Waals surface area (Å²) in [5.74, 6) is 0. The molecule has 0 aromatic heterocycles. The van der Waals surface area contributed by atoms with Crippen LogP contribution in [0.2, 0.25) is 0 Å². The van der Waals surface area contributed by atoms with Crippen molar-refractivity contribution in [2.24, 2.45) is 0 Å². The average molecular weight is 448 g/mol. The normalized spacial score (nSPS) is 11.2. The maximum Gasteiger partial charge on any atom is 0.394 e. The maximum atomic E-state index is 8.74. The first-order valence-corrected chi connectivity index (χ1v) is 13.4. The minimum absolute atomic E-state index is 0.991. The lowest BCUT2D eigenvalue weighted by Gasteiger charge is -2.18. The molecule has 6 heteroatoms. The molecule has 0 unspecified atom stereocenters. The zero-order valence-corrected chi connectivity index (χ0v) is 20.4. The van der Waals surface area contributed by atoms with Crippen LogP contribution in [0.1, 0.15) is 110 Å². The van der Waals surface area contributed by atoms with Crippen molar-refractivity contribution in [3.05, 3.63) is 25.3 Å². The van der Waals surface area contributed by atoms with Gasteiger partial charge in [0.25, 0.3) is 0 Å². The molecule has 5 nitrogen and oxygen atoms in total. The summed E-state index contributed by atoms with van der Waals surface area (Å²) in [5, 5.41) is 0. The van der Waals surface area contributed by atoms with Crippen molar-refractivity contribution in [3.8, 4) is 0 Å². The minimum atomic E-state index is -4.67. The molecule has 0 amide bonds. The Labute approximate surface area is 187 Å². The molecule has 30 heavy (non-hydrogen) atoms. The first-order chi connectivity index (χ1) is 14.3. The second-order valence-electron chi connectivity index (χ2n) is 8.09. The molecular weight excluding hydrogens is 398 g/mol. The van der Waals surface area contributed by atoms with Gasteiger partial charge >= 0.3 is 10.4 Å². The smallest absolute Gasteiger partial charge is 0.296 e.